The summed E-state index contributed by atoms with van der Waals surface area (Å²) in [5, 5.41) is 1.44. The summed E-state index contributed by atoms with van der Waals surface area (Å²) >= 11 is 0. The van der Waals surface area contributed by atoms with Gasteiger partial charge < -0.3 is 14.0 Å². The van der Waals surface area contributed by atoms with E-state index in [9.17, 15) is 0 Å². The quantitative estimate of drug-likeness (QED) is 0.734. The second-order valence-corrected chi connectivity index (χ2v) is 13.1. The van der Waals surface area contributed by atoms with Crippen LogP contribution in [0.25, 0.3) is 0 Å². The first-order valence-corrected chi connectivity index (χ1v) is 11.8. The summed E-state index contributed by atoms with van der Waals surface area (Å²) in [6.07, 6.45) is 0. The van der Waals surface area contributed by atoms with E-state index in [1.807, 2.05) is 6.07 Å². The van der Waals surface area contributed by atoms with Crippen LogP contribution in [0.2, 0.25) is 18.1 Å². The van der Waals surface area contributed by atoms with Crippen LogP contribution in [0.5, 0.6) is 5.75 Å². The second kappa shape index (κ2) is 6.85. The SMILES string of the molecule is CC[Si](CC)(CC)c1cc(OC)ccc1B1OC(C)(C)C(C)(C)O1. The Morgan fingerprint density at radius 2 is 1.46 bits per heavy atom. The van der Waals surface area contributed by atoms with Gasteiger partial charge in [-0.25, -0.2) is 0 Å². The van der Waals surface area contributed by atoms with Crippen LogP contribution in [0.1, 0.15) is 48.5 Å². The molecular weight excluding hydrogens is 315 g/mol. The Bertz CT molecular complexity index is 558. The van der Waals surface area contributed by atoms with Crippen molar-refractivity contribution in [3.05, 3.63) is 18.2 Å². The highest BCUT2D eigenvalue weighted by molar-refractivity contribution is 6.95. The molecule has 2 rings (SSSR count). The number of rotatable bonds is 6. The summed E-state index contributed by atoms with van der Waals surface area (Å²) in [5.41, 5.74) is 0.569. The molecule has 1 fully saturated rings. The molecule has 1 aliphatic heterocycles. The maximum Gasteiger partial charge on any atom is 0.494 e. The number of benzene rings is 1. The molecule has 0 saturated carbocycles. The molecule has 0 radical (unpaired) electrons. The van der Waals surface area contributed by atoms with Crippen molar-refractivity contribution in [3.63, 3.8) is 0 Å². The second-order valence-electron chi connectivity index (χ2n) is 7.88. The van der Waals surface area contributed by atoms with Gasteiger partial charge in [-0.2, -0.15) is 0 Å². The van der Waals surface area contributed by atoms with E-state index in [2.05, 4.69) is 60.6 Å². The third-order valence-electron chi connectivity index (χ3n) is 6.37. The monoisotopic (exact) mass is 348 g/mol. The van der Waals surface area contributed by atoms with E-state index < -0.39 is 8.07 Å². The van der Waals surface area contributed by atoms with Crippen LogP contribution in [0.3, 0.4) is 0 Å². The van der Waals surface area contributed by atoms with Gasteiger partial charge in [-0.1, -0.05) is 50.2 Å². The largest absolute Gasteiger partial charge is 0.497 e. The van der Waals surface area contributed by atoms with E-state index in [0.29, 0.717) is 0 Å². The van der Waals surface area contributed by atoms with Crippen molar-refractivity contribution in [1.29, 1.82) is 0 Å². The van der Waals surface area contributed by atoms with Crippen molar-refractivity contribution in [2.45, 2.75) is 77.8 Å². The Kier molecular flexibility index (Phi) is 5.58. The minimum absolute atomic E-state index is 0.299. The molecule has 1 heterocycles. The van der Waals surface area contributed by atoms with Gasteiger partial charge in [0.15, 0.2) is 0 Å². The van der Waals surface area contributed by atoms with E-state index in [0.717, 1.165) is 5.75 Å². The minimum Gasteiger partial charge on any atom is -0.497 e. The molecule has 0 aliphatic carbocycles. The van der Waals surface area contributed by atoms with Crippen molar-refractivity contribution in [2.24, 2.45) is 0 Å². The van der Waals surface area contributed by atoms with Crippen LogP contribution in [-0.2, 0) is 9.31 Å². The first-order chi connectivity index (χ1) is 11.2. The van der Waals surface area contributed by atoms with Gasteiger partial charge in [0.1, 0.15) is 5.75 Å². The Labute approximate surface area is 149 Å². The standard InChI is InChI=1S/C19H33BO3Si/c1-9-24(10-2,11-3)17-14-15(21-8)12-13-16(17)20-22-18(4,5)19(6,7)23-20/h12-14H,9-11H2,1-8H3. The number of hydrogen-bond donors (Lipinski definition) is 0. The molecule has 1 aromatic carbocycles. The Morgan fingerprint density at radius 3 is 1.88 bits per heavy atom. The summed E-state index contributed by atoms with van der Waals surface area (Å²) in [4.78, 5) is 0. The lowest BCUT2D eigenvalue weighted by atomic mass is 9.79. The normalized spacial score (nSPS) is 19.6. The topological polar surface area (TPSA) is 27.7 Å². The van der Waals surface area contributed by atoms with E-state index in [1.165, 1.54) is 28.8 Å². The zero-order chi connectivity index (χ0) is 18.2. The van der Waals surface area contributed by atoms with Crippen LogP contribution in [0, 0.1) is 0 Å². The fourth-order valence-electron chi connectivity index (χ4n) is 3.62. The van der Waals surface area contributed by atoms with Crippen LogP contribution in [0.15, 0.2) is 18.2 Å². The van der Waals surface area contributed by atoms with Gasteiger partial charge in [-0.15, -0.1) is 0 Å². The van der Waals surface area contributed by atoms with Gasteiger partial charge >= 0.3 is 7.12 Å². The lowest BCUT2D eigenvalue weighted by molar-refractivity contribution is 0.00578. The Morgan fingerprint density at radius 1 is 0.958 bits per heavy atom. The van der Waals surface area contributed by atoms with Crippen LogP contribution in [-0.4, -0.2) is 33.5 Å². The molecule has 0 aromatic heterocycles. The molecule has 0 unspecified atom stereocenters. The Balaban J connectivity index is 2.56. The minimum atomic E-state index is -1.59. The van der Waals surface area contributed by atoms with E-state index in [1.54, 1.807) is 7.11 Å². The molecule has 0 spiro atoms. The highest BCUT2D eigenvalue weighted by atomic mass is 28.3. The average molecular weight is 348 g/mol. The summed E-state index contributed by atoms with van der Waals surface area (Å²) in [5.74, 6) is 0.928. The smallest absolute Gasteiger partial charge is 0.494 e. The predicted octanol–water partition coefficient (Wildman–Crippen LogP) is 3.71. The Hall–Kier alpha value is -0.778. The van der Waals surface area contributed by atoms with E-state index in [4.69, 9.17) is 14.0 Å². The van der Waals surface area contributed by atoms with Crippen molar-refractivity contribution < 1.29 is 14.0 Å². The van der Waals surface area contributed by atoms with Crippen molar-refractivity contribution in [2.75, 3.05) is 7.11 Å². The van der Waals surface area contributed by atoms with Crippen LogP contribution in [0.4, 0.5) is 0 Å². The van der Waals surface area contributed by atoms with Gasteiger partial charge in [-0.3, -0.25) is 0 Å². The summed E-state index contributed by atoms with van der Waals surface area (Å²) in [6, 6.07) is 10.1. The highest BCUT2D eigenvalue weighted by Crippen LogP contribution is 2.36. The molecule has 0 bridgehead atoms. The summed E-state index contributed by atoms with van der Waals surface area (Å²) in [6.45, 7) is 15.4. The summed E-state index contributed by atoms with van der Waals surface area (Å²) in [7, 11) is -0.148. The third-order valence-corrected chi connectivity index (χ3v) is 12.0. The van der Waals surface area contributed by atoms with Crippen molar-refractivity contribution in [1.82, 2.24) is 0 Å². The number of methoxy groups -OCH3 is 1. The van der Waals surface area contributed by atoms with Crippen molar-refractivity contribution >= 4 is 25.8 Å². The fraction of sp³-hybridized carbons (Fsp3) is 0.684. The van der Waals surface area contributed by atoms with Crippen LogP contribution < -0.4 is 15.4 Å². The molecule has 134 valence electrons. The molecule has 0 amide bonds. The molecule has 24 heavy (non-hydrogen) atoms. The molecule has 3 nitrogen and oxygen atoms in total. The maximum absolute atomic E-state index is 6.35. The zero-order valence-corrected chi connectivity index (χ0v) is 17.7. The van der Waals surface area contributed by atoms with E-state index in [-0.39, 0.29) is 18.3 Å². The fourth-order valence-corrected chi connectivity index (χ4v) is 7.52. The van der Waals surface area contributed by atoms with Gasteiger partial charge in [0.05, 0.1) is 26.4 Å². The number of ether oxygens (including phenoxy) is 1. The lowest BCUT2D eigenvalue weighted by Gasteiger charge is -2.32. The predicted molar refractivity (Wildman–Crippen MR) is 106 cm³/mol. The number of hydrogen-bond acceptors (Lipinski definition) is 3. The highest BCUT2D eigenvalue weighted by Gasteiger charge is 2.53. The molecular formula is C19H33BO3Si. The van der Waals surface area contributed by atoms with Gasteiger partial charge in [0.2, 0.25) is 0 Å². The average Bonchev–Trinajstić information content (AvgIpc) is 2.77. The first kappa shape index (κ1) is 19.5. The molecule has 1 aromatic rings. The lowest BCUT2D eigenvalue weighted by Crippen LogP contribution is -2.57. The van der Waals surface area contributed by atoms with Crippen molar-refractivity contribution in [3.8, 4) is 5.75 Å². The first-order valence-electron chi connectivity index (χ1n) is 9.20. The van der Waals surface area contributed by atoms with Crippen LogP contribution >= 0.6 is 0 Å². The maximum atomic E-state index is 6.35. The molecule has 1 aliphatic rings. The van der Waals surface area contributed by atoms with E-state index >= 15 is 0 Å². The molecule has 0 N–H and O–H groups in total. The molecule has 5 heteroatoms. The molecule has 1 saturated heterocycles. The van der Waals surface area contributed by atoms with Gasteiger partial charge in [0, 0.05) is 0 Å². The molecule has 0 atom stereocenters. The van der Waals surface area contributed by atoms with Gasteiger partial charge in [-0.05, 0) is 45.3 Å². The van der Waals surface area contributed by atoms with Gasteiger partial charge in [0.25, 0.3) is 0 Å². The summed E-state index contributed by atoms with van der Waals surface area (Å²) < 4.78 is 18.2. The zero-order valence-electron chi connectivity index (χ0n) is 16.7. The third kappa shape index (κ3) is 3.18.